The molecule has 0 saturated heterocycles. The number of rotatable bonds is 6. The molecule has 32 heavy (non-hydrogen) atoms. The lowest BCUT2D eigenvalue weighted by atomic mass is 10.0. The van der Waals surface area contributed by atoms with Crippen molar-refractivity contribution in [3.05, 3.63) is 60.9 Å². The Morgan fingerprint density at radius 3 is 2.31 bits per heavy atom. The van der Waals surface area contributed by atoms with Gasteiger partial charge in [-0.25, -0.2) is 18.4 Å². The number of nitrogens with one attached hydrogen (secondary N) is 1. The summed E-state index contributed by atoms with van der Waals surface area (Å²) in [6.07, 6.45) is 3.42. The van der Waals surface area contributed by atoms with Crippen molar-refractivity contribution in [3.8, 4) is 28.3 Å². The Kier molecular flexibility index (Phi) is 5.80. The SMILES string of the molecule is CNc1nc(-c2cccnc2)nc2c(OC)cc(-c3ccc(S(=O)(=O)C(C)C)cc3)cc12. The molecule has 0 radical (unpaired) electrons. The van der Waals surface area contributed by atoms with Gasteiger partial charge in [0.1, 0.15) is 17.1 Å². The van der Waals surface area contributed by atoms with E-state index < -0.39 is 15.1 Å². The zero-order valence-corrected chi connectivity index (χ0v) is 19.1. The molecular weight excluding hydrogens is 424 g/mol. The normalized spacial score (nSPS) is 11.7. The first kappa shape index (κ1) is 21.7. The van der Waals surface area contributed by atoms with Crippen LogP contribution >= 0.6 is 0 Å². The summed E-state index contributed by atoms with van der Waals surface area (Å²) in [7, 11) is 0.0791. The van der Waals surface area contributed by atoms with Crippen molar-refractivity contribution in [2.24, 2.45) is 0 Å². The second kappa shape index (κ2) is 8.55. The zero-order valence-electron chi connectivity index (χ0n) is 18.3. The van der Waals surface area contributed by atoms with E-state index in [-0.39, 0.29) is 0 Å². The van der Waals surface area contributed by atoms with E-state index in [9.17, 15) is 8.42 Å². The molecule has 1 N–H and O–H groups in total. The highest BCUT2D eigenvalue weighted by atomic mass is 32.2. The van der Waals surface area contributed by atoms with Gasteiger partial charge in [-0.1, -0.05) is 12.1 Å². The topological polar surface area (TPSA) is 94.1 Å². The number of nitrogens with zero attached hydrogens (tertiary/aromatic N) is 3. The van der Waals surface area contributed by atoms with E-state index >= 15 is 0 Å². The van der Waals surface area contributed by atoms with Crippen molar-refractivity contribution >= 4 is 26.6 Å². The van der Waals surface area contributed by atoms with Gasteiger partial charge in [-0.3, -0.25) is 4.98 Å². The maximum absolute atomic E-state index is 12.4. The first-order valence-corrected chi connectivity index (χ1v) is 11.7. The molecule has 0 fully saturated rings. The second-order valence-electron chi connectivity index (χ2n) is 7.58. The van der Waals surface area contributed by atoms with Crippen LogP contribution in [0, 0.1) is 0 Å². The third kappa shape index (κ3) is 3.89. The molecule has 0 unspecified atom stereocenters. The van der Waals surface area contributed by atoms with Gasteiger partial charge in [0.15, 0.2) is 15.7 Å². The smallest absolute Gasteiger partial charge is 0.180 e. The van der Waals surface area contributed by atoms with Gasteiger partial charge in [-0.2, -0.15) is 0 Å². The fourth-order valence-corrected chi connectivity index (χ4v) is 4.51. The molecule has 0 spiro atoms. The molecule has 2 aromatic heterocycles. The van der Waals surface area contributed by atoms with Gasteiger partial charge in [0.05, 0.1) is 17.3 Å². The van der Waals surface area contributed by atoms with Crippen LogP contribution in [-0.2, 0) is 9.84 Å². The van der Waals surface area contributed by atoms with Crippen LogP contribution in [0.3, 0.4) is 0 Å². The van der Waals surface area contributed by atoms with Crippen LogP contribution < -0.4 is 10.1 Å². The molecule has 4 rings (SSSR count). The summed E-state index contributed by atoms with van der Waals surface area (Å²) in [5, 5.41) is 3.47. The number of ether oxygens (including phenoxy) is 1. The lowest BCUT2D eigenvalue weighted by molar-refractivity contribution is 0.419. The minimum Gasteiger partial charge on any atom is -0.494 e. The quantitative estimate of drug-likeness (QED) is 0.461. The Morgan fingerprint density at radius 2 is 1.72 bits per heavy atom. The number of fused-ring (bicyclic) bond motifs is 1. The van der Waals surface area contributed by atoms with Crippen molar-refractivity contribution in [1.29, 1.82) is 0 Å². The highest BCUT2D eigenvalue weighted by Crippen LogP contribution is 2.36. The van der Waals surface area contributed by atoms with Gasteiger partial charge in [-0.15, -0.1) is 0 Å². The maximum Gasteiger partial charge on any atom is 0.180 e. The fraction of sp³-hybridized carbons (Fsp3) is 0.208. The standard InChI is InChI=1S/C24H24N4O3S/c1-15(2)32(29,30)19-9-7-16(8-10-19)18-12-20-22(21(13-18)31-4)27-23(28-24(20)25-3)17-6-5-11-26-14-17/h5-15H,1-4H3,(H,25,27,28). The fourth-order valence-electron chi connectivity index (χ4n) is 3.45. The lowest BCUT2D eigenvalue weighted by Gasteiger charge is -2.14. The van der Waals surface area contributed by atoms with Crippen molar-refractivity contribution in [2.75, 3.05) is 19.5 Å². The zero-order chi connectivity index (χ0) is 22.9. The Balaban J connectivity index is 1.86. The number of benzene rings is 2. The van der Waals surface area contributed by atoms with Gasteiger partial charge in [0.25, 0.3) is 0 Å². The number of hydrogen-bond donors (Lipinski definition) is 1. The van der Waals surface area contributed by atoms with Crippen LogP contribution in [0.25, 0.3) is 33.4 Å². The summed E-state index contributed by atoms with van der Waals surface area (Å²) in [4.78, 5) is 13.9. The van der Waals surface area contributed by atoms with E-state index in [0.717, 1.165) is 22.1 Å². The van der Waals surface area contributed by atoms with E-state index in [2.05, 4.69) is 15.3 Å². The van der Waals surface area contributed by atoms with Gasteiger partial charge >= 0.3 is 0 Å². The van der Waals surface area contributed by atoms with Gasteiger partial charge in [-0.05, 0) is 61.4 Å². The molecule has 0 amide bonds. The Labute approximate surface area is 187 Å². The molecule has 164 valence electrons. The molecule has 2 aromatic carbocycles. The number of pyridine rings is 1. The molecule has 0 saturated carbocycles. The van der Waals surface area contributed by atoms with Crippen molar-refractivity contribution in [1.82, 2.24) is 15.0 Å². The average molecular weight is 449 g/mol. The number of sulfone groups is 1. The van der Waals surface area contributed by atoms with Crippen molar-refractivity contribution in [3.63, 3.8) is 0 Å². The minimum absolute atomic E-state index is 0.310. The highest BCUT2D eigenvalue weighted by Gasteiger charge is 2.19. The van der Waals surface area contributed by atoms with Crippen LogP contribution in [0.4, 0.5) is 5.82 Å². The number of aromatic nitrogens is 3. The van der Waals surface area contributed by atoms with Crippen LogP contribution in [0.15, 0.2) is 65.8 Å². The molecule has 4 aromatic rings. The first-order chi connectivity index (χ1) is 15.3. The Bertz CT molecular complexity index is 1370. The van der Waals surface area contributed by atoms with Gasteiger partial charge < -0.3 is 10.1 Å². The molecule has 7 nitrogen and oxygen atoms in total. The van der Waals surface area contributed by atoms with Crippen molar-refractivity contribution < 1.29 is 13.2 Å². The number of methoxy groups -OCH3 is 1. The molecule has 0 aliphatic carbocycles. The summed E-state index contributed by atoms with van der Waals surface area (Å²) >= 11 is 0. The van der Waals surface area contributed by atoms with Crippen LogP contribution in [0.5, 0.6) is 5.75 Å². The lowest BCUT2D eigenvalue weighted by Crippen LogP contribution is -2.13. The predicted octanol–water partition coefficient (Wildman–Crippen LogP) is 4.59. The third-order valence-electron chi connectivity index (χ3n) is 5.28. The largest absolute Gasteiger partial charge is 0.494 e. The van der Waals surface area contributed by atoms with E-state index in [4.69, 9.17) is 9.72 Å². The average Bonchev–Trinajstić information content (AvgIpc) is 2.83. The molecule has 0 bridgehead atoms. The summed E-state index contributed by atoms with van der Waals surface area (Å²) < 4.78 is 30.5. The van der Waals surface area contributed by atoms with Gasteiger partial charge in [0.2, 0.25) is 0 Å². The Hall–Kier alpha value is -3.52. The van der Waals surface area contributed by atoms with Crippen LogP contribution in [0.1, 0.15) is 13.8 Å². The minimum atomic E-state index is -3.32. The third-order valence-corrected chi connectivity index (χ3v) is 7.45. The van der Waals surface area contributed by atoms with E-state index in [1.807, 2.05) is 24.3 Å². The number of hydrogen-bond acceptors (Lipinski definition) is 7. The molecule has 8 heteroatoms. The summed E-state index contributed by atoms with van der Waals surface area (Å²) in [5.41, 5.74) is 3.22. The van der Waals surface area contributed by atoms with Gasteiger partial charge in [0, 0.05) is 30.4 Å². The van der Waals surface area contributed by atoms with Crippen molar-refractivity contribution in [2.45, 2.75) is 24.0 Å². The maximum atomic E-state index is 12.4. The Morgan fingerprint density at radius 1 is 0.969 bits per heavy atom. The van der Waals surface area contributed by atoms with Crippen LogP contribution in [-0.4, -0.2) is 42.8 Å². The van der Waals surface area contributed by atoms with E-state index in [1.165, 1.54) is 0 Å². The monoisotopic (exact) mass is 448 g/mol. The highest BCUT2D eigenvalue weighted by molar-refractivity contribution is 7.92. The summed E-state index contributed by atoms with van der Waals surface area (Å²) in [6, 6.07) is 14.5. The molecule has 0 aliphatic rings. The molecular formula is C24H24N4O3S. The van der Waals surface area contributed by atoms with Crippen LogP contribution in [0.2, 0.25) is 0 Å². The predicted molar refractivity (Wildman–Crippen MR) is 127 cm³/mol. The first-order valence-electron chi connectivity index (χ1n) is 10.2. The summed E-state index contributed by atoms with van der Waals surface area (Å²) in [5.74, 6) is 1.80. The van der Waals surface area contributed by atoms with E-state index in [1.54, 1.807) is 64.7 Å². The molecule has 2 heterocycles. The summed E-state index contributed by atoms with van der Waals surface area (Å²) in [6.45, 7) is 3.35. The second-order valence-corrected chi connectivity index (χ2v) is 10.1. The van der Waals surface area contributed by atoms with E-state index in [0.29, 0.717) is 27.8 Å². The molecule has 0 atom stereocenters. The molecule has 0 aliphatic heterocycles. The number of anilines is 1.